The summed E-state index contributed by atoms with van der Waals surface area (Å²) in [5.41, 5.74) is 0. The summed E-state index contributed by atoms with van der Waals surface area (Å²) in [5.74, 6) is -0.244. The number of carbonyl (C=O) groups excluding carboxylic acids is 1. The Morgan fingerprint density at radius 2 is 2.00 bits per heavy atom. The summed E-state index contributed by atoms with van der Waals surface area (Å²) in [6.07, 6.45) is 1.58. The molecule has 0 radical (unpaired) electrons. The highest BCUT2D eigenvalue weighted by atomic mass is 32.2. The number of thioether (sulfide) groups is 1. The number of aliphatic carboxylic acids is 1. The molecule has 0 aromatic heterocycles. The van der Waals surface area contributed by atoms with Gasteiger partial charge in [-0.05, 0) is 18.8 Å². The van der Waals surface area contributed by atoms with Gasteiger partial charge in [0.25, 0.3) is 0 Å². The van der Waals surface area contributed by atoms with Crippen molar-refractivity contribution < 1.29 is 19.4 Å². The first-order valence-electron chi connectivity index (χ1n) is 7.01. The van der Waals surface area contributed by atoms with Crippen LogP contribution in [0.1, 0.15) is 26.7 Å². The fourth-order valence-electron chi connectivity index (χ4n) is 2.58. The zero-order valence-corrected chi connectivity index (χ0v) is 12.7. The van der Waals surface area contributed by atoms with Crippen LogP contribution in [0.5, 0.6) is 0 Å². The second-order valence-corrected chi connectivity index (χ2v) is 6.72. The maximum atomic E-state index is 12.4. The van der Waals surface area contributed by atoms with Crippen molar-refractivity contribution in [3.63, 3.8) is 0 Å². The number of amides is 2. The summed E-state index contributed by atoms with van der Waals surface area (Å²) in [5, 5.41) is 12.2. The summed E-state index contributed by atoms with van der Waals surface area (Å²) in [7, 11) is 0. The summed E-state index contributed by atoms with van der Waals surface area (Å²) in [4.78, 5) is 25.3. The Hall–Kier alpha value is -0.950. The summed E-state index contributed by atoms with van der Waals surface area (Å²) >= 11 is 1.54. The number of carbonyl (C=O) groups is 2. The molecule has 2 atom stereocenters. The van der Waals surface area contributed by atoms with E-state index >= 15 is 0 Å². The van der Waals surface area contributed by atoms with Gasteiger partial charge < -0.3 is 15.2 Å². The highest BCUT2D eigenvalue weighted by Crippen LogP contribution is 2.34. The summed E-state index contributed by atoms with van der Waals surface area (Å²) in [6, 6.07) is -0.899. The molecule has 0 aromatic rings. The van der Waals surface area contributed by atoms with Crippen LogP contribution in [0.15, 0.2) is 0 Å². The van der Waals surface area contributed by atoms with E-state index in [1.165, 1.54) is 4.90 Å². The van der Waals surface area contributed by atoms with Crippen LogP contribution in [0, 0.1) is 5.92 Å². The minimum atomic E-state index is -0.928. The molecule has 7 heteroatoms. The first kappa shape index (κ1) is 15.4. The lowest BCUT2D eigenvalue weighted by atomic mass is 10.1. The number of carboxylic acid groups (broad SMARTS) is 1. The van der Waals surface area contributed by atoms with Gasteiger partial charge in [-0.1, -0.05) is 13.8 Å². The fraction of sp³-hybridized carbons (Fsp3) is 0.846. The lowest BCUT2D eigenvalue weighted by Crippen LogP contribution is -2.54. The highest BCUT2D eigenvalue weighted by molar-refractivity contribution is 8.00. The predicted molar refractivity (Wildman–Crippen MR) is 76.7 cm³/mol. The number of hydrogen-bond acceptors (Lipinski definition) is 4. The van der Waals surface area contributed by atoms with E-state index in [-0.39, 0.29) is 23.4 Å². The average molecular weight is 302 g/mol. The van der Waals surface area contributed by atoms with Crippen molar-refractivity contribution in [1.82, 2.24) is 10.2 Å². The van der Waals surface area contributed by atoms with Crippen molar-refractivity contribution in [1.29, 1.82) is 0 Å². The van der Waals surface area contributed by atoms with E-state index in [1.807, 2.05) is 13.8 Å². The summed E-state index contributed by atoms with van der Waals surface area (Å²) < 4.78 is 5.26. The Bertz CT molecular complexity index is 371. The predicted octanol–water partition coefficient (Wildman–Crippen LogP) is 1.36. The molecular formula is C13H22N2O4S. The van der Waals surface area contributed by atoms with Gasteiger partial charge in [-0.3, -0.25) is 4.90 Å². The molecule has 0 aliphatic carbocycles. The molecule has 2 unspecified atom stereocenters. The molecule has 20 heavy (non-hydrogen) atoms. The minimum absolute atomic E-state index is 0.0732. The quantitative estimate of drug-likeness (QED) is 0.823. The minimum Gasteiger partial charge on any atom is -0.480 e. The first-order valence-corrected chi connectivity index (χ1v) is 8.06. The molecule has 2 aliphatic heterocycles. The molecule has 0 spiro atoms. The Morgan fingerprint density at radius 3 is 2.55 bits per heavy atom. The summed E-state index contributed by atoms with van der Waals surface area (Å²) in [6.45, 7) is 5.32. The van der Waals surface area contributed by atoms with E-state index in [9.17, 15) is 14.7 Å². The van der Waals surface area contributed by atoms with Gasteiger partial charge in [0.2, 0.25) is 0 Å². The van der Waals surface area contributed by atoms with Crippen LogP contribution in [0.25, 0.3) is 0 Å². The van der Waals surface area contributed by atoms with Crippen LogP contribution in [0.2, 0.25) is 0 Å². The van der Waals surface area contributed by atoms with Gasteiger partial charge in [0.1, 0.15) is 6.04 Å². The maximum absolute atomic E-state index is 12.4. The largest absolute Gasteiger partial charge is 0.480 e. The van der Waals surface area contributed by atoms with Crippen molar-refractivity contribution in [2.24, 2.45) is 5.92 Å². The maximum Gasteiger partial charge on any atom is 0.327 e. The topological polar surface area (TPSA) is 78.9 Å². The normalized spacial score (nSPS) is 27.9. The van der Waals surface area contributed by atoms with Crippen molar-refractivity contribution in [3.8, 4) is 0 Å². The van der Waals surface area contributed by atoms with E-state index < -0.39 is 12.0 Å². The molecule has 0 bridgehead atoms. The number of carboxylic acids is 1. The smallest absolute Gasteiger partial charge is 0.327 e. The van der Waals surface area contributed by atoms with Gasteiger partial charge in [0.15, 0.2) is 0 Å². The van der Waals surface area contributed by atoms with Crippen LogP contribution in [0.4, 0.5) is 4.79 Å². The number of urea groups is 1. The third-order valence-electron chi connectivity index (χ3n) is 3.67. The fourth-order valence-corrected chi connectivity index (χ4v) is 4.05. The molecule has 114 valence electrons. The van der Waals surface area contributed by atoms with Gasteiger partial charge in [-0.15, -0.1) is 11.8 Å². The first-order chi connectivity index (χ1) is 9.50. The van der Waals surface area contributed by atoms with Crippen LogP contribution < -0.4 is 5.32 Å². The zero-order chi connectivity index (χ0) is 14.7. The molecule has 0 aromatic carbocycles. The molecule has 2 aliphatic rings. The molecule has 2 amide bonds. The van der Waals surface area contributed by atoms with Gasteiger partial charge >= 0.3 is 12.0 Å². The third-order valence-corrected chi connectivity index (χ3v) is 5.29. The molecule has 0 saturated carbocycles. The Kier molecular flexibility index (Phi) is 5.15. The SMILES string of the molecule is CC(C)C1SCC(C(=O)O)N1C(=O)NC1CCOCC1. The Balaban J connectivity index is 2.04. The van der Waals surface area contributed by atoms with Crippen molar-refractivity contribution in [3.05, 3.63) is 0 Å². The van der Waals surface area contributed by atoms with Gasteiger partial charge in [0, 0.05) is 25.0 Å². The molecule has 2 rings (SSSR count). The molecule has 2 saturated heterocycles. The number of ether oxygens (including phenoxy) is 1. The average Bonchev–Trinajstić information content (AvgIpc) is 2.84. The molecular weight excluding hydrogens is 280 g/mol. The standard InChI is InChI=1S/C13H22N2O4S/c1-8(2)11-15(10(7-20-11)12(16)17)13(18)14-9-3-5-19-6-4-9/h8-11H,3-7H2,1-2H3,(H,14,18)(H,16,17). The van der Waals surface area contributed by atoms with Gasteiger partial charge in [0.05, 0.1) is 5.37 Å². The second kappa shape index (κ2) is 6.67. The number of nitrogens with zero attached hydrogens (tertiary/aromatic N) is 1. The van der Waals surface area contributed by atoms with Crippen molar-refractivity contribution >= 4 is 23.8 Å². The monoisotopic (exact) mass is 302 g/mol. The Labute approximate surface area is 123 Å². The van der Waals surface area contributed by atoms with Crippen LogP contribution in [-0.2, 0) is 9.53 Å². The molecule has 2 fully saturated rings. The number of nitrogens with one attached hydrogen (secondary N) is 1. The van der Waals surface area contributed by atoms with E-state index in [0.717, 1.165) is 12.8 Å². The van der Waals surface area contributed by atoms with Crippen LogP contribution in [-0.4, -0.2) is 58.4 Å². The second-order valence-electron chi connectivity index (χ2n) is 5.57. The highest BCUT2D eigenvalue weighted by Gasteiger charge is 2.43. The lowest BCUT2D eigenvalue weighted by molar-refractivity contribution is -0.141. The van der Waals surface area contributed by atoms with Crippen LogP contribution >= 0.6 is 11.8 Å². The Morgan fingerprint density at radius 1 is 1.35 bits per heavy atom. The third kappa shape index (κ3) is 3.38. The zero-order valence-electron chi connectivity index (χ0n) is 11.9. The lowest BCUT2D eigenvalue weighted by Gasteiger charge is -2.32. The van der Waals surface area contributed by atoms with E-state index in [1.54, 1.807) is 11.8 Å². The van der Waals surface area contributed by atoms with E-state index in [0.29, 0.717) is 19.0 Å². The van der Waals surface area contributed by atoms with E-state index in [2.05, 4.69) is 5.32 Å². The van der Waals surface area contributed by atoms with Crippen LogP contribution in [0.3, 0.4) is 0 Å². The van der Waals surface area contributed by atoms with Gasteiger partial charge in [-0.25, -0.2) is 9.59 Å². The molecule has 6 nitrogen and oxygen atoms in total. The number of rotatable bonds is 3. The van der Waals surface area contributed by atoms with E-state index in [4.69, 9.17) is 4.74 Å². The molecule has 2 N–H and O–H groups in total. The molecule has 2 heterocycles. The van der Waals surface area contributed by atoms with Crippen molar-refractivity contribution in [2.75, 3.05) is 19.0 Å². The van der Waals surface area contributed by atoms with Gasteiger partial charge in [-0.2, -0.15) is 0 Å². The van der Waals surface area contributed by atoms with Crippen molar-refractivity contribution in [2.45, 2.75) is 44.1 Å². The number of hydrogen-bond donors (Lipinski definition) is 2.